The fourth-order valence-electron chi connectivity index (χ4n) is 1.86. The van der Waals surface area contributed by atoms with Gasteiger partial charge in [0, 0.05) is 30.2 Å². The van der Waals surface area contributed by atoms with E-state index in [0.717, 1.165) is 24.0 Å². The zero-order valence-corrected chi connectivity index (χ0v) is 10.4. The second kappa shape index (κ2) is 4.06. The minimum Gasteiger partial charge on any atom is -0.347 e. The van der Waals surface area contributed by atoms with E-state index in [1.54, 1.807) is 0 Å². The maximum atomic E-state index is 4.42. The van der Waals surface area contributed by atoms with Gasteiger partial charge in [-0.05, 0) is 33.7 Å². The van der Waals surface area contributed by atoms with E-state index < -0.39 is 0 Å². The Balaban J connectivity index is 1.99. The van der Waals surface area contributed by atoms with Gasteiger partial charge in [-0.1, -0.05) is 0 Å². The molecule has 0 atom stereocenters. The van der Waals surface area contributed by atoms with Crippen LogP contribution in [0.25, 0.3) is 0 Å². The van der Waals surface area contributed by atoms with Crippen molar-refractivity contribution in [3.05, 3.63) is 5.82 Å². The lowest BCUT2D eigenvalue weighted by molar-refractivity contribution is 0.305. The fourth-order valence-corrected chi connectivity index (χ4v) is 2.58. The smallest absolute Gasteiger partial charge is 0.205 e. The zero-order valence-electron chi connectivity index (χ0n) is 9.58. The Morgan fingerprint density at radius 3 is 2.53 bits per heavy atom. The van der Waals surface area contributed by atoms with E-state index in [-0.39, 0.29) is 0 Å². The van der Waals surface area contributed by atoms with Crippen LogP contribution < -0.4 is 10.2 Å². The Bertz CT molecular complexity index is 328. The summed E-state index contributed by atoms with van der Waals surface area (Å²) >= 11 is 1.51. The molecule has 1 fully saturated rings. The summed E-state index contributed by atoms with van der Waals surface area (Å²) in [6.45, 7) is 6.38. The molecular formula is C10H18N4S. The highest BCUT2D eigenvalue weighted by atomic mass is 32.1. The Hall–Kier alpha value is -0.680. The summed E-state index contributed by atoms with van der Waals surface area (Å²) in [5.41, 5.74) is 0.302. The van der Waals surface area contributed by atoms with Crippen LogP contribution >= 0.6 is 11.5 Å². The molecule has 0 spiro atoms. The molecule has 0 saturated carbocycles. The van der Waals surface area contributed by atoms with Crippen molar-refractivity contribution in [1.82, 2.24) is 14.7 Å². The molecule has 15 heavy (non-hydrogen) atoms. The molecule has 2 rings (SSSR count). The molecule has 1 aromatic heterocycles. The lowest BCUT2D eigenvalue weighted by atomic mass is 9.90. The molecule has 4 nitrogen and oxygen atoms in total. The Morgan fingerprint density at radius 2 is 2.07 bits per heavy atom. The summed E-state index contributed by atoms with van der Waals surface area (Å²) in [7, 11) is 2.05. The third-order valence-electron chi connectivity index (χ3n) is 3.26. The highest BCUT2D eigenvalue weighted by molar-refractivity contribution is 7.09. The summed E-state index contributed by atoms with van der Waals surface area (Å²) in [6, 6.07) is 0. The first-order valence-corrected chi connectivity index (χ1v) is 6.14. The van der Waals surface area contributed by atoms with Crippen molar-refractivity contribution in [2.24, 2.45) is 0 Å². The maximum absolute atomic E-state index is 4.42. The van der Waals surface area contributed by atoms with Gasteiger partial charge in [0.1, 0.15) is 5.82 Å². The molecule has 5 heteroatoms. The summed E-state index contributed by atoms with van der Waals surface area (Å²) in [5, 5.41) is 4.47. The number of aryl methyl sites for hydroxylation is 1. The molecule has 0 unspecified atom stereocenters. The second-order valence-electron chi connectivity index (χ2n) is 4.42. The molecular weight excluding hydrogens is 208 g/mol. The third kappa shape index (κ3) is 2.29. The third-order valence-corrected chi connectivity index (χ3v) is 4.13. The number of nitrogens with zero attached hydrogens (tertiary/aromatic N) is 3. The maximum Gasteiger partial charge on any atom is 0.205 e. The number of nitrogens with one attached hydrogen (secondary N) is 1. The van der Waals surface area contributed by atoms with Gasteiger partial charge in [0.05, 0.1) is 0 Å². The molecule has 0 amide bonds. The normalized spacial score (nSPS) is 20.6. The van der Waals surface area contributed by atoms with Gasteiger partial charge in [-0.15, -0.1) is 0 Å². The van der Waals surface area contributed by atoms with Crippen LogP contribution in [0.2, 0.25) is 0 Å². The van der Waals surface area contributed by atoms with Crippen LogP contribution in [0.15, 0.2) is 0 Å². The first-order valence-electron chi connectivity index (χ1n) is 5.37. The standard InChI is InChI=1S/C10H18N4S/c1-8-12-9(15-13-8)14-6-4-10(2,11-3)5-7-14/h11H,4-7H2,1-3H3. The van der Waals surface area contributed by atoms with Crippen molar-refractivity contribution >= 4 is 16.7 Å². The van der Waals surface area contributed by atoms with Crippen LogP contribution in [0.1, 0.15) is 25.6 Å². The summed E-state index contributed by atoms with van der Waals surface area (Å²) in [6.07, 6.45) is 2.34. The van der Waals surface area contributed by atoms with Crippen LogP contribution in [-0.4, -0.2) is 35.0 Å². The molecule has 1 N–H and O–H groups in total. The molecule has 1 saturated heterocycles. The first kappa shape index (κ1) is 10.8. The average Bonchev–Trinajstić information content (AvgIpc) is 2.66. The predicted molar refractivity (Wildman–Crippen MR) is 63.6 cm³/mol. The molecule has 0 bridgehead atoms. The largest absolute Gasteiger partial charge is 0.347 e. The van der Waals surface area contributed by atoms with Crippen molar-refractivity contribution in [2.75, 3.05) is 25.0 Å². The van der Waals surface area contributed by atoms with E-state index >= 15 is 0 Å². The van der Waals surface area contributed by atoms with Gasteiger partial charge in [0.2, 0.25) is 5.13 Å². The quantitative estimate of drug-likeness (QED) is 0.828. The van der Waals surface area contributed by atoms with Crippen molar-refractivity contribution < 1.29 is 0 Å². The molecule has 1 aliphatic heterocycles. The number of rotatable bonds is 2. The van der Waals surface area contributed by atoms with Crippen LogP contribution in [-0.2, 0) is 0 Å². The number of piperidine rings is 1. The van der Waals surface area contributed by atoms with Gasteiger partial charge in [-0.3, -0.25) is 0 Å². The van der Waals surface area contributed by atoms with Crippen molar-refractivity contribution in [3.8, 4) is 0 Å². The summed E-state index contributed by atoms with van der Waals surface area (Å²) < 4.78 is 4.22. The number of anilines is 1. The summed E-state index contributed by atoms with van der Waals surface area (Å²) in [5.74, 6) is 0.886. The lowest BCUT2D eigenvalue weighted by Gasteiger charge is -2.39. The molecule has 0 aliphatic carbocycles. The zero-order chi connectivity index (χ0) is 10.9. The van der Waals surface area contributed by atoms with Crippen molar-refractivity contribution in [2.45, 2.75) is 32.2 Å². The lowest BCUT2D eigenvalue weighted by Crippen LogP contribution is -2.50. The van der Waals surface area contributed by atoms with E-state index in [2.05, 4.69) is 26.5 Å². The van der Waals surface area contributed by atoms with Gasteiger partial charge in [0.25, 0.3) is 0 Å². The van der Waals surface area contributed by atoms with Crippen LogP contribution in [0.5, 0.6) is 0 Å². The van der Waals surface area contributed by atoms with Gasteiger partial charge in [-0.25, -0.2) is 4.98 Å². The minimum atomic E-state index is 0.302. The number of hydrogen-bond donors (Lipinski definition) is 1. The van der Waals surface area contributed by atoms with Crippen LogP contribution in [0, 0.1) is 6.92 Å². The molecule has 1 aliphatic rings. The monoisotopic (exact) mass is 226 g/mol. The van der Waals surface area contributed by atoms with Crippen LogP contribution in [0.3, 0.4) is 0 Å². The Labute approximate surface area is 94.9 Å². The van der Waals surface area contributed by atoms with Crippen LogP contribution in [0.4, 0.5) is 5.13 Å². The molecule has 1 aromatic rings. The highest BCUT2D eigenvalue weighted by Crippen LogP contribution is 2.26. The van der Waals surface area contributed by atoms with E-state index in [4.69, 9.17) is 0 Å². The molecule has 0 aromatic carbocycles. The SMILES string of the molecule is CNC1(C)CCN(c2nc(C)ns2)CC1. The van der Waals surface area contributed by atoms with E-state index in [9.17, 15) is 0 Å². The highest BCUT2D eigenvalue weighted by Gasteiger charge is 2.29. The first-order chi connectivity index (χ1) is 7.13. The number of aromatic nitrogens is 2. The van der Waals surface area contributed by atoms with E-state index in [0.29, 0.717) is 5.54 Å². The van der Waals surface area contributed by atoms with Gasteiger partial charge in [0.15, 0.2) is 0 Å². The fraction of sp³-hybridized carbons (Fsp3) is 0.800. The second-order valence-corrected chi connectivity index (χ2v) is 5.15. The van der Waals surface area contributed by atoms with Gasteiger partial charge >= 0.3 is 0 Å². The van der Waals surface area contributed by atoms with Gasteiger partial charge < -0.3 is 10.2 Å². The molecule has 0 radical (unpaired) electrons. The van der Waals surface area contributed by atoms with Gasteiger partial charge in [-0.2, -0.15) is 4.37 Å². The summed E-state index contributed by atoms with van der Waals surface area (Å²) in [4.78, 5) is 6.76. The van der Waals surface area contributed by atoms with E-state index in [1.807, 2.05) is 14.0 Å². The minimum absolute atomic E-state index is 0.302. The van der Waals surface area contributed by atoms with E-state index in [1.165, 1.54) is 24.4 Å². The topological polar surface area (TPSA) is 41.0 Å². The Kier molecular flexibility index (Phi) is 2.93. The Morgan fingerprint density at radius 1 is 1.40 bits per heavy atom. The molecule has 84 valence electrons. The van der Waals surface area contributed by atoms with Crippen molar-refractivity contribution in [3.63, 3.8) is 0 Å². The predicted octanol–water partition coefficient (Wildman–Crippen LogP) is 1.42. The van der Waals surface area contributed by atoms with Crippen molar-refractivity contribution in [1.29, 1.82) is 0 Å². The average molecular weight is 226 g/mol. The number of hydrogen-bond acceptors (Lipinski definition) is 5. The molecule has 2 heterocycles.